The number of nitrogens with zero attached hydrogens (tertiary/aromatic N) is 1. The van der Waals surface area contributed by atoms with Crippen LogP contribution in [-0.4, -0.2) is 31.6 Å². The third-order valence-corrected chi connectivity index (χ3v) is 9.06. The molecule has 0 spiro atoms. The minimum Gasteiger partial charge on any atom is -0.495 e. The van der Waals surface area contributed by atoms with Gasteiger partial charge < -0.3 is 9.84 Å². The Bertz CT molecular complexity index is 1110. The third kappa shape index (κ3) is 6.34. The standard InChI is InChI=1S/C27H36N2O5S/c1-34-25-17-22(27(30)31)13-15-24(25)29-35(32,33)26-16-14-23(18-28-26)21-10-6-9-20(11-12-21)19-7-4-2-3-5-8-19/h13-21,29H,2-12H2,1H3,(H,30,31). The number of hydrogen-bond acceptors (Lipinski definition) is 5. The number of carboxylic acids is 1. The maximum Gasteiger partial charge on any atom is 0.335 e. The van der Waals surface area contributed by atoms with Crippen molar-refractivity contribution in [1.29, 1.82) is 0 Å². The van der Waals surface area contributed by atoms with Crippen molar-refractivity contribution in [3.05, 3.63) is 47.7 Å². The van der Waals surface area contributed by atoms with Crippen molar-refractivity contribution in [2.24, 2.45) is 11.8 Å². The predicted molar refractivity (Wildman–Crippen MR) is 136 cm³/mol. The van der Waals surface area contributed by atoms with Gasteiger partial charge in [0.2, 0.25) is 0 Å². The number of carbonyl (C=O) groups is 1. The topological polar surface area (TPSA) is 106 Å². The average molecular weight is 501 g/mol. The molecule has 2 aromatic rings. The van der Waals surface area contributed by atoms with E-state index in [1.54, 1.807) is 12.3 Å². The number of nitrogens with one attached hydrogen (secondary N) is 1. The van der Waals surface area contributed by atoms with Gasteiger partial charge in [0, 0.05) is 6.20 Å². The molecule has 0 radical (unpaired) electrons. The second-order valence-corrected chi connectivity index (χ2v) is 11.6. The molecule has 2 saturated carbocycles. The minimum atomic E-state index is -3.95. The lowest BCUT2D eigenvalue weighted by atomic mass is 9.81. The molecular formula is C27H36N2O5S. The van der Waals surface area contributed by atoms with Crippen LogP contribution in [0.3, 0.4) is 0 Å². The van der Waals surface area contributed by atoms with Crippen LogP contribution in [0.2, 0.25) is 0 Å². The molecule has 7 nitrogen and oxygen atoms in total. The smallest absolute Gasteiger partial charge is 0.335 e. The van der Waals surface area contributed by atoms with Crippen molar-refractivity contribution < 1.29 is 23.1 Å². The van der Waals surface area contributed by atoms with Crippen LogP contribution in [0, 0.1) is 11.8 Å². The number of methoxy groups -OCH3 is 1. The minimum absolute atomic E-state index is 0.0111. The van der Waals surface area contributed by atoms with Gasteiger partial charge in [-0.2, -0.15) is 8.42 Å². The Hall–Kier alpha value is -2.61. The summed E-state index contributed by atoms with van der Waals surface area (Å²) in [7, 11) is -2.59. The van der Waals surface area contributed by atoms with E-state index in [0.717, 1.165) is 30.2 Å². The maximum absolute atomic E-state index is 12.9. The number of benzene rings is 1. The fraction of sp³-hybridized carbons (Fsp3) is 0.556. The van der Waals surface area contributed by atoms with E-state index in [-0.39, 0.29) is 22.0 Å². The molecule has 2 atom stereocenters. The summed E-state index contributed by atoms with van der Waals surface area (Å²) in [6, 6.07) is 7.44. The fourth-order valence-corrected chi connectivity index (χ4v) is 6.82. The molecule has 1 aromatic heterocycles. The summed E-state index contributed by atoms with van der Waals surface area (Å²) in [6.45, 7) is 0. The van der Waals surface area contributed by atoms with Gasteiger partial charge in [-0.1, -0.05) is 57.4 Å². The molecule has 2 N–H and O–H groups in total. The Morgan fingerprint density at radius 2 is 1.66 bits per heavy atom. The summed E-state index contributed by atoms with van der Waals surface area (Å²) in [5.41, 5.74) is 1.28. The van der Waals surface area contributed by atoms with Crippen molar-refractivity contribution in [3.63, 3.8) is 0 Å². The van der Waals surface area contributed by atoms with Crippen LogP contribution in [-0.2, 0) is 10.0 Å². The molecule has 1 aromatic carbocycles. The number of sulfonamides is 1. The van der Waals surface area contributed by atoms with Crippen LogP contribution in [0.15, 0.2) is 41.6 Å². The molecule has 2 aliphatic rings. The van der Waals surface area contributed by atoms with Gasteiger partial charge in [-0.05, 0) is 66.8 Å². The van der Waals surface area contributed by atoms with Crippen LogP contribution in [0.1, 0.15) is 92.5 Å². The van der Waals surface area contributed by atoms with Crippen LogP contribution in [0.4, 0.5) is 5.69 Å². The fourth-order valence-electron chi connectivity index (χ4n) is 5.82. The molecule has 190 valence electrons. The summed E-state index contributed by atoms with van der Waals surface area (Å²) < 4.78 is 33.5. The SMILES string of the molecule is COc1cc(C(=O)O)ccc1NS(=O)(=O)c1ccc(C2CCCC(C3CCCCCC3)CC2)cn1. The number of aromatic carboxylic acids is 1. The second kappa shape index (κ2) is 11.4. The van der Waals surface area contributed by atoms with Crippen molar-refractivity contribution in [2.75, 3.05) is 11.8 Å². The van der Waals surface area contributed by atoms with E-state index in [1.165, 1.54) is 83.1 Å². The maximum atomic E-state index is 12.9. The first-order valence-electron chi connectivity index (χ1n) is 12.8. The van der Waals surface area contributed by atoms with Crippen LogP contribution >= 0.6 is 0 Å². The highest BCUT2D eigenvalue weighted by Gasteiger charge is 2.27. The van der Waals surface area contributed by atoms with E-state index in [1.807, 2.05) is 6.07 Å². The van der Waals surface area contributed by atoms with Crippen molar-refractivity contribution in [3.8, 4) is 5.75 Å². The molecule has 0 bridgehead atoms. The lowest BCUT2D eigenvalue weighted by molar-refractivity contribution is 0.0696. The van der Waals surface area contributed by atoms with Crippen LogP contribution in [0.25, 0.3) is 0 Å². The Morgan fingerprint density at radius 1 is 0.943 bits per heavy atom. The van der Waals surface area contributed by atoms with Gasteiger partial charge in [0.15, 0.2) is 5.03 Å². The number of hydrogen-bond donors (Lipinski definition) is 2. The Balaban J connectivity index is 1.42. The monoisotopic (exact) mass is 500 g/mol. The van der Waals surface area contributed by atoms with E-state index in [0.29, 0.717) is 5.92 Å². The Kier molecular flexibility index (Phi) is 8.31. The van der Waals surface area contributed by atoms with Crippen molar-refractivity contribution in [1.82, 2.24) is 4.98 Å². The van der Waals surface area contributed by atoms with Gasteiger partial charge >= 0.3 is 5.97 Å². The normalized spacial score (nSPS) is 22.1. The van der Waals surface area contributed by atoms with Gasteiger partial charge in [-0.3, -0.25) is 4.72 Å². The average Bonchev–Trinajstić information content (AvgIpc) is 3.27. The molecule has 2 unspecified atom stereocenters. The van der Waals surface area contributed by atoms with Crippen LogP contribution < -0.4 is 9.46 Å². The highest BCUT2D eigenvalue weighted by atomic mass is 32.2. The van der Waals surface area contributed by atoms with Crippen LogP contribution in [0.5, 0.6) is 5.75 Å². The highest BCUT2D eigenvalue weighted by molar-refractivity contribution is 7.92. The van der Waals surface area contributed by atoms with E-state index >= 15 is 0 Å². The number of carboxylic acid groups (broad SMARTS) is 1. The Labute approximate surface area is 208 Å². The number of ether oxygens (including phenoxy) is 1. The lowest BCUT2D eigenvalue weighted by Gasteiger charge is -2.25. The van der Waals surface area contributed by atoms with E-state index in [9.17, 15) is 13.2 Å². The van der Waals surface area contributed by atoms with Crippen molar-refractivity contribution in [2.45, 2.75) is 81.6 Å². The zero-order valence-corrected chi connectivity index (χ0v) is 21.2. The highest BCUT2D eigenvalue weighted by Crippen LogP contribution is 2.41. The Morgan fingerprint density at radius 3 is 2.31 bits per heavy atom. The summed E-state index contributed by atoms with van der Waals surface area (Å²) >= 11 is 0. The van der Waals surface area contributed by atoms with E-state index in [2.05, 4.69) is 9.71 Å². The van der Waals surface area contributed by atoms with Gasteiger partial charge in [0.05, 0.1) is 18.4 Å². The lowest BCUT2D eigenvalue weighted by Crippen LogP contribution is -2.16. The molecule has 2 fully saturated rings. The molecule has 0 saturated heterocycles. The first-order chi connectivity index (χ1) is 16.9. The number of aromatic nitrogens is 1. The second-order valence-electron chi connectivity index (χ2n) is 9.97. The predicted octanol–water partition coefficient (Wildman–Crippen LogP) is 6.22. The zero-order chi connectivity index (χ0) is 24.8. The van der Waals surface area contributed by atoms with Gasteiger partial charge in [-0.15, -0.1) is 0 Å². The van der Waals surface area contributed by atoms with E-state index in [4.69, 9.17) is 9.84 Å². The van der Waals surface area contributed by atoms with Gasteiger partial charge in [-0.25, -0.2) is 9.78 Å². The molecular weight excluding hydrogens is 464 g/mol. The molecule has 4 rings (SSSR count). The number of pyridine rings is 1. The largest absolute Gasteiger partial charge is 0.495 e. The summed E-state index contributed by atoms with van der Waals surface area (Å²) in [6.07, 6.45) is 16.1. The zero-order valence-electron chi connectivity index (χ0n) is 20.4. The number of rotatable bonds is 7. The summed E-state index contributed by atoms with van der Waals surface area (Å²) in [5, 5.41) is 9.07. The molecule has 1 heterocycles. The first-order valence-corrected chi connectivity index (χ1v) is 14.3. The quantitative estimate of drug-likeness (QED) is 0.437. The van der Waals surface area contributed by atoms with E-state index < -0.39 is 16.0 Å². The molecule has 0 aliphatic heterocycles. The molecule has 35 heavy (non-hydrogen) atoms. The van der Waals surface area contributed by atoms with Gasteiger partial charge in [0.25, 0.3) is 10.0 Å². The molecule has 8 heteroatoms. The molecule has 2 aliphatic carbocycles. The van der Waals surface area contributed by atoms with Gasteiger partial charge in [0.1, 0.15) is 5.75 Å². The number of anilines is 1. The molecule has 0 amide bonds. The summed E-state index contributed by atoms with van der Waals surface area (Å²) in [5.74, 6) is 1.15. The third-order valence-electron chi connectivity index (χ3n) is 7.78. The first kappa shape index (κ1) is 25.5. The summed E-state index contributed by atoms with van der Waals surface area (Å²) in [4.78, 5) is 15.5. The van der Waals surface area contributed by atoms with Crippen molar-refractivity contribution >= 4 is 21.7 Å².